The largest absolute Gasteiger partial charge is 0.465 e. The monoisotopic (exact) mass is 241 g/mol. The summed E-state index contributed by atoms with van der Waals surface area (Å²) >= 11 is 0. The Hall–Kier alpha value is -1.98. The minimum Gasteiger partial charge on any atom is -0.465 e. The molecule has 0 atom stereocenters. The Morgan fingerprint density at radius 2 is 1.71 bits per heavy atom. The van der Waals surface area contributed by atoms with Crippen molar-refractivity contribution in [2.45, 2.75) is 0 Å². The van der Waals surface area contributed by atoms with Gasteiger partial charge in [-0.2, -0.15) is 0 Å². The molecule has 0 radical (unpaired) electrons. The van der Waals surface area contributed by atoms with E-state index >= 15 is 0 Å². The molecule has 0 aromatic heterocycles. The first-order chi connectivity index (χ1) is 7.97. The number of benzene rings is 1. The van der Waals surface area contributed by atoms with Gasteiger partial charge in [-0.3, -0.25) is 4.79 Å². The van der Waals surface area contributed by atoms with Gasteiger partial charge in [0.05, 0.1) is 5.92 Å². The van der Waals surface area contributed by atoms with Crippen LogP contribution in [0.25, 0.3) is 0 Å². The van der Waals surface area contributed by atoms with E-state index in [2.05, 4.69) is 0 Å². The van der Waals surface area contributed by atoms with Gasteiger partial charge in [-0.25, -0.2) is 13.6 Å². The molecule has 1 aliphatic heterocycles. The van der Waals surface area contributed by atoms with Crippen LogP contribution in [0.3, 0.4) is 0 Å². The van der Waals surface area contributed by atoms with Crippen LogP contribution in [0.1, 0.15) is 10.4 Å². The van der Waals surface area contributed by atoms with Crippen molar-refractivity contribution < 1.29 is 23.5 Å². The first-order valence-corrected chi connectivity index (χ1v) is 4.95. The Morgan fingerprint density at radius 3 is 2.18 bits per heavy atom. The van der Waals surface area contributed by atoms with Crippen LogP contribution < -0.4 is 0 Å². The van der Waals surface area contributed by atoms with E-state index < -0.39 is 29.4 Å². The first-order valence-electron chi connectivity index (χ1n) is 4.95. The minimum absolute atomic E-state index is 0.0578. The lowest BCUT2D eigenvalue weighted by atomic mass is 9.91. The van der Waals surface area contributed by atoms with Gasteiger partial charge in [-0.15, -0.1) is 0 Å². The maximum absolute atomic E-state index is 12.9. The average molecular weight is 241 g/mol. The molecule has 1 amide bonds. The van der Waals surface area contributed by atoms with Gasteiger partial charge >= 0.3 is 6.09 Å². The third-order valence-corrected chi connectivity index (χ3v) is 2.67. The Balaban J connectivity index is 2.09. The average Bonchev–Trinajstić information content (AvgIpc) is 2.12. The van der Waals surface area contributed by atoms with E-state index in [4.69, 9.17) is 5.11 Å². The van der Waals surface area contributed by atoms with E-state index in [1.54, 1.807) is 0 Å². The summed E-state index contributed by atoms with van der Waals surface area (Å²) in [6, 6.07) is 2.59. The maximum atomic E-state index is 12.9. The highest BCUT2D eigenvalue weighted by molar-refractivity contribution is 5.99. The lowest BCUT2D eigenvalue weighted by Gasteiger charge is -2.35. The minimum atomic E-state index is -1.10. The highest BCUT2D eigenvalue weighted by Gasteiger charge is 2.36. The maximum Gasteiger partial charge on any atom is 0.407 e. The van der Waals surface area contributed by atoms with Gasteiger partial charge in [0.25, 0.3) is 0 Å². The van der Waals surface area contributed by atoms with Crippen LogP contribution in [0.2, 0.25) is 0 Å². The number of hydrogen-bond acceptors (Lipinski definition) is 2. The summed E-state index contributed by atoms with van der Waals surface area (Å²) < 4.78 is 25.8. The molecule has 1 heterocycles. The van der Waals surface area contributed by atoms with E-state index in [0.717, 1.165) is 17.0 Å². The van der Waals surface area contributed by atoms with Crippen molar-refractivity contribution >= 4 is 11.9 Å². The predicted molar refractivity (Wildman–Crippen MR) is 53.8 cm³/mol. The highest BCUT2D eigenvalue weighted by atomic mass is 19.1. The summed E-state index contributed by atoms with van der Waals surface area (Å²) in [7, 11) is 0. The van der Waals surface area contributed by atoms with Gasteiger partial charge in [0.15, 0.2) is 5.78 Å². The number of carbonyl (C=O) groups excluding carboxylic acids is 1. The molecule has 0 saturated carbocycles. The van der Waals surface area contributed by atoms with Crippen LogP contribution in [-0.4, -0.2) is 35.0 Å². The van der Waals surface area contributed by atoms with Crippen LogP contribution >= 0.6 is 0 Å². The molecule has 4 nitrogen and oxygen atoms in total. The number of carbonyl (C=O) groups is 2. The third kappa shape index (κ3) is 2.25. The molecule has 1 aromatic rings. The first kappa shape index (κ1) is 11.5. The van der Waals surface area contributed by atoms with Crippen molar-refractivity contribution in [3.05, 3.63) is 35.4 Å². The Kier molecular flexibility index (Phi) is 2.79. The number of halogens is 2. The second-order valence-electron chi connectivity index (χ2n) is 3.91. The fourth-order valence-corrected chi connectivity index (χ4v) is 1.73. The molecule has 0 spiro atoms. The second kappa shape index (κ2) is 4.12. The standard InChI is InChI=1S/C11H9F2NO3/c12-8-1-6(2-9(13)3-8)10(15)7-4-14(5-7)11(16)17/h1-3,7H,4-5H2,(H,16,17). The highest BCUT2D eigenvalue weighted by Crippen LogP contribution is 2.21. The quantitative estimate of drug-likeness (QED) is 0.802. The molecule has 0 bridgehead atoms. The summed E-state index contributed by atoms with van der Waals surface area (Å²) in [6.07, 6.45) is -1.10. The number of ketones is 1. The number of carboxylic acid groups (broad SMARTS) is 1. The molecule has 17 heavy (non-hydrogen) atoms. The van der Waals surface area contributed by atoms with Crippen molar-refractivity contribution in [1.82, 2.24) is 4.90 Å². The molecular formula is C11H9F2NO3. The zero-order valence-corrected chi connectivity index (χ0v) is 8.69. The number of Topliss-reactive ketones (excluding diaryl/α,β-unsaturated/α-hetero) is 1. The smallest absolute Gasteiger partial charge is 0.407 e. The molecule has 1 N–H and O–H groups in total. The van der Waals surface area contributed by atoms with Gasteiger partial charge in [0, 0.05) is 24.7 Å². The zero-order chi connectivity index (χ0) is 12.6. The van der Waals surface area contributed by atoms with Crippen LogP contribution in [0, 0.1) is 17.6 Å². The van der Waals surface area contributed by atoms with E-state index in [-0.39, 0.29) is 18.7 Å². The summed E-state index contributed by atoms with van der Waals surface area (Å²) in [4.78, 5) is 23.3. The van der Waals surface area contributed by atoms with Gasteiger partial charge in [0.2, 0.25) is 0 Å². The number of nitrogens with zero attached hydrogens (tertiary/aromatic N) is 1. The van der Waals surface area contributed by atoms with Crippen molar-refractivity contribution in [2.75, 3.05) is 13.1 Å². The fourth-order valence-electron chi connectivity index (χ4n) is 1.73. The Labute approximate surface area is 95.5 Å². The molecule has 1 aliphatic rings. The molecular weight excluding hydrogens is 232 g/mol. The number of rotatable bonds is 2. The lowest BCUT2D eigenvalue weighted by molar-refractivity contribution is 0.0609. The van der Waals surface area contributed by atoms with Crippen LogP contribution in [0.15, 0.2) is 18.2 Å². The van der Waals surface area contributed by atoms with E-state index in [1.165, 1.54) is 0 Å². The topological polar surface area (TPSA) is 57.6 Å². The lowest BCUT2D eigenvalue weighted by Crippen LogP contribution is -2.52. The van der Waals surface area contributed by atoms with Crippen LogP contribution in [0.4, 0.5) is 13.6 Å². The molecule has 1 aromatic carbocycles. The summed E-state index contributed by atoms with van der Waals surface area (Å²) in [5.41, 5.74) is -0.0578. The Morgan fingerprint density at radius 1 is 1.18 bits per heavy atom. The SMILES string of the molecule is O=C(c1cc(F)cc(F)c1)C1CN(C(=O)O)C1. The number of amides is 1. The van der Waals surface area contributed by atoms with E-state index in [0.29, 0.717) is 6.07 Å². The molecule has 2 rings (SSSR count). The zero-order valence-electron chi connectivity index (χ0n) is 8.69. The molecule has 1 fully saturated rings. The van der Waals surface area contributed by atoms with Gasteiger partial charge in [-0.05, 0) is 12.1 Å². The van der Waals surface area contributed by atoms with Crippen molar-refractivity contribution in [3.63, 3.8) is 0 Å². The summed E-state index contributed by atoms with van der Waals surface area (Å²) in [5, 5.41) is 8.59. The Bertz CT molecular complexity index is 463. The molecule has 1 saturated heterocycles. The molecule has 6 heteroatoms. The second-order valence-corrected chi connectivity index (χ2v) is 3.91. The molecule has 0 unspecified atom stereocenters. The van der Waals surface area contributed by atoms with Crippen molar-refractivity contribution in [1.29, 1.82) is 0 Å². The van der Waals surface area contributed by atoms with E-state index in [1.807, 2.05) is 0 Å². The summed E-state index contributed by atoms with van der Waals surface area (Å²) in [5.74, 6) is -2.57. The van der Waals surface area contributed by atoms with Gasteiger partial charge in [0.1, 0.15) is 11.6 Å². The van der Waals surface area contributed by atoms with Crippen molar-refractivity contribution in [2.24, 2.45) is 5.92 Å². The number of likely N-dealkylation sites (tertiary alicyclic amines) is 1. The number of hydrogen-bond donors (Lipinski definition) is 1. The van der Waals surface area contributed by atoms with E-state index in [9.17, 15) is 18.4 Å². The summed E-state index contributed by atoms with van der Waals surface area (Å²) in [6.45, 7) is 0.151. The normalized spacial score (nSPS) is 15.5. The van der Waals surface area contributed by atoms with Crippen molar-refractivity contribution in [3.8, 4) is 0 Å². The molecule has 90 valence electrons. The van der Waals surface area contributed by atoms with Crippen LogP contribution in [-0.2, 0) is 0 Å². The van der Waals surface area contributed by atoms with Gasteiger partial charge in [-0.1, -0.05) is 0 Å². The molecule has 0 aliphatic carbocycles. The fraction of sp³-hybridized carbons (Fsp3) is 0.273. The van der Waals surface area contributed by atoms with Crippen LogP contribution in [0.5, 0.6) is 0 Å². The van der Waals surface area contributed by atoms with Gasteiger partial charge < -0.3 is 10.0 Å². The third-order valence-electron chi connectivity index (χ3n) is 2.67. The predicted octanol–water partition coefficient (Wildman–Crippen LogP) is 1.76.